The molecule has 2 heterocycles. The molecule has 2 N–H and O–H groups in total. The van der Waals surface area contributed by atoms with Crippen molar-refractivity contribution in [2.24, 2.45) is 5.41 Å². The van der Waals surface area contributed by atoms with Crippen molar-refractivity contribution in [3.63, 3.8) is 0 Å². The highest BCUT2D eigenvalue weighted by atomic mass is 19.3. The molecule has 0 aromatic heterocycles. The highest BCUT2D eigenvalue weighted by Gasteiger charge is 2.62. The number of carbonyl (C=O) groups excluding carboxylic acids is 1. The van der Waals surface area contributed by atoms with Gasteiger partial charge in [0.25, 0.3) is 5.92 Å². The third-order valence-electron chi connectivity index (χ3n) is 3.39. The summed E-state index contributed by atoms with van der Waals surface area (Å²) < 4.78 is 27.2. The monoisotopic (exact) mass is 219 g/mol. The number of likely N-dealkylation sites (tertiary alicyclic amines) is 1. The Morgan fingerprint density at radius 2 is 2.13 bits per heavy atom. The standard InChI is InChI=1S/C9H15F2N3O/c1-12-7(15)14-5-8(6-14)2-3-13-4-9(8,10)11/h13H,2-6H2,1H3,(H,12,15). The molecule has 0 saturated carbocycles. The van der Waals surface area contributed by atoms with Crippen LogP contribution in [0.5, 0.6) is 0 Å². The molecule has 2 aliphatic rings. The third kappa shape index (κ3) is 1.47. The van der Waals surface area contributed by atoms with Crippen LogP contribution in [-0.2, 0) is 0 Å². The molecule has 2 amide bonds. The van der Waals surface area contributed by atoms with Gasteiger partial charge in [0.1, 0.15) is 0 Å². The zero-order valence-corrected chi connectivity index (χ0v) is 8.65. The quantitative estimate of drug-likeness (QED) is 0.613. The van der Waals surface area contributed by atoms with Crippen molar-refractivity contribution in [2.45, 2.75) is 12.3 Å². The third-order valence-corrected chi connectivity index (χ3v) is 3.39. The zero-order chi connectivity index (χ0) is 11.1. The Balaban J connectivity index is 2.02. The van der Waals surface area contributed by atoms with E-state index in [0.717, 1.165) is 0 Å². The van der Waals surface area contributed by atoms with E-state index in [-0.39, 0.29) is 25.7 Å². The molecule has 0 aliphatic carbocycles. The van der Waals surface area contributed by atoms with Crippen molar-refractivity contribution in [1.29, 1.82) is 0 Å². The topological polar surface area (TPSA) is 44.4 Å². The second-order valence-corrected chi connectivity index (χ2v) is 4.32. The number of carbonyl (C=O) groups is 1. The molecule has 2 fully saturated rings. The number of hydrogen-bond acceptors (Lipinski definition) is 2. The largest absolute Gasteiger partial charge is 0.341 e. The minimum Gasteiger partial charge on any atom is -0.341 e. The lowest BCUT2D eigenvalue weighted by Crippen LogP contribution is -2.71. The number of nitrogens with one attached hydrogen (secondary N) is 2. The number of amides is 2. The van der Waals surface area contributed by atoms with Crippen molar-refractivity contribution < 1.29 is 13.6 Å². The smallest absolute Gasteiger partial charge is 0.317 e. The van der Waals surface area contributed by atoms with Gasteiger partial charge in [-0.25, -0.2) is 13.6 Å². The summed E-state index contributed by atoms with van der Waals surface area (Å²) in [5.74, 6) is -2.70. The summed E-state index contributed by atoms with van der Waals surface area (Å²) in [5, 5.41) is 5.13. The predicted molar refractivity (Wildman–Crippen MR) is 50.9 cm³/mol. The number of alkyl halides is 2. The van der Waals surface area contributed by atoms with Crippen LogP contribution in [0.1, 0.15) is 6.42 Å². The van der Waals surface area contributed by atoms with Crippen LogP contribution in [0.15, 0.2) is 0 Å². The highest BCUT2D eigenvalue weighted by Crippen LogP contribution is 2.48. The average Bonchev–Trinajstić information content (AvgIpc) is 2.13. The average molecular weight is 219 g/mol. The molecule has 2 saturated heterocycles. The van der Waals surface area contributed by atoms with E-state index in [0.29, 0.717) is 13.0 Å². The zero-order valence-electron chi connectivity index (χ0n) is 8.65. The lowest BCUT2D eigenvalue weighted by atomic mass is 9.69. The van der Waals surface area contributed by atoms with Crippen LogP contribution >= 0.6 is 0 Å². The molecule has 0 radical (unpaired) electrons. The van der Waals surface area contributed by atoms with Gasteiger partial charge < -0.3 is 15.5 Å². The maximum atomic E-state index is 13.6. The van der Waals surface area contributed by atoms with Gasteiger partial charge in [-0.3, -0.25) is 0 Å². The van der Waals surface area contributed by atoms with E-state index in [1.165, 1.54) is 11.9 Å². The second kappa shape index (κ2) is 3.30. The summed E-state index contributed by atoms with van der Waals surface area (Å²) in [7, 11) is 1.51. The molecule has 6 heteroatoms. The second-order valence-electron chi connectivity index (χ2n) is 4.32. The Kier molecular flexibility index (Phi) is 2.33. The fourth-order valence-electron chi connectivity index (χ4n) is 2.32. The summed E-state index contributed by atoms with van der Waals surface area (Å²) in [6.07, 6.45) is 0.438. The number of urea groups is 1. The molecular formula is C9H15F2N3O. The molecule has 15 heavy (non-hydrogen) atoms. The number of hydrogen-bond donors (Lipinski definition) is 2. The Morgan fingerprint density at radius 1 is 1.47 bits per heavy atom. The molecule has 0 aromatic rings. The molecule has 0 atom stereocenters. The minimum atomic E-state index is -2.70. The van der Waals surface area contributed by atoms with Crippen molar-refractivity contribution in [3.05, 3.63) is 0 Å². The number of halogens is 2. The molecule has 0 aromatic carbocycles. The van der Waals surface area contributed by atoms with Crippen LogP contribution in [-0.4, -0.2) is 50.1 Å². The van der Waals surface area contributed by atoms with Gasteiger partial charge in [0, 0.05) is 20.1 Å². The van der Waals surface area contributed by atoms with Gasteiger partial charge in [-0.05, 0) is 13.0 Å². The minimum absolute atomic E-state index is 0.168. The highest BCUT2D eigenvalue weighted by molar-refractivity contribution is 5.75. The first-order valence-electron chi connectivity index (χ1n) is 5.06. The van der Waals surface area contributed by atoms with Crippen LogP contribution in [0.3, 0.4) is 0 Å². The normalized spacial score (nSPS) is 27.3. The molecular weight excluding hydrogens is 204 g/mol. The first-order chi connectivity index (χ1) is 7.01. The molecule has 2 aliphatic heterocycles. The summed E-state index contributed by atoms with van der Waals surface area (Å²) in [6, 6.07) is -0.269. The van der Waals surface area contributed by atoms with Crippen molar-refractivity contribution in [1.82, 2.24) is 15.5 Å². The van der Waals surface area contributed by atoms with Gasteiger partial charge in [-0.15, -0.1) is 0 Å². The van der Waals surface area contributed by atoms with E-state index in [9.17, 15) is 13.6 Å². The number of piperidine rings is 1. The summed E-state index contributed by atoms with van der Waals surface area (Å²) >= 11 is 0. The summed E-state index contributed by atoms with van der Waals surface area (Å²) in [4.78, 5) is 12.6. The summed E-state index contributed by atoms with van der Waals surface area (Å²) in [5.41, 5.74) is -0.981. The fraction of sp³-hybridized carbons (Fsp3) is 0.889. The SMILES string of the molecule is CNC(=O)N1CC2(CCNCC2(F)F)C1. The van der Waals surface area contributed by atoms with Crippen LogP contribution in [0.4, 0.5) is 13.6 Å². The molecule has 0 bridgehead atoms. The Morgan fingerprint density at radius 3 is 2.67 bits per heavy atom. The molecule has 0 unspecified atom stereocenters. The lowest BCUT2D eigenvalue weighted by Gasteiger charge is -2.55. The molecule has 2 rings (SSSR count). The maximum absolute atomic E-state index is 13.6. The van der Waals surface area contributed by atoms with Gasteiger partial charge in [-0.1, -0.05) is 0 Å². The first-order valence-corrected chi connectivity index (χ1v) is 5.06. The van der Waals surface area contributed by atoms with E-state index < -0.39 is 11.3 Å². The molecule has 86 valence electrons. The van der Waals surface area contributed by atoms with E-state index in [1.807, 2.05) is 0 Å². The lowest BCUT2D eigenvalue weighted by molar-refractivity contribution is -0.191. The maximum Gasteiger partial charge on any atom is 0.317 e. The van der Waals surface area contributed by atoms with Gasteiger partial charge in [0.15, 0.2) is 0 Å². The Labute approximate surface area is 87.0 Å². The number of nitrogens with zero attached hydrogens (tertiary/aromatic N) is 1. The van der Waals surface area contributed by atoms with Crippen LogP contribution in [0.25, 0.3) is 0 Å². The molecule has 4 nitrogen and oxygen atoms in total. The summed E-state index contributed by atoms with van der Waals surface area (Å²) in [6.45, 7) is 0.675. The molecule has 1 spiro atoms. The Hall–Kier alpha value is -0.910. The van der Waals surface area contributed by atoms with Gasteiger partial charge in [0.05, 0.1) is 12.0 Å². The first kappa shape index (κ1) is 10.6. The van der Waals surface area contributed by atoms with Gasteiger partial charge >= 0.3 is 6.03 Å². The van der Waals surface area contributed by atoms with Gasteiger partial charge in [0.2, 0.25) is 0 Å². The van der Waals surface area contributed by atoms with E-state index >= 15 is 0 Å². The fourth-order valence-corrected chi connectivity index (χ4v) is 2.32. The van der Waals surface area contributed by atoms with Gasteiger partial charge in [-0.2, -0.15) is 0 Å². The van der Waals surface area contributed by atoms with Crippen molar-refractivity contribution in [2.75, 3.05) is 33.2 Å². The van der Waals surface area contributed by atoms with E-state index in [4.69, 9.17) is 0 Å². The van der Waals surface area contributed by atoms with Crippen molar-refractivity contribution >= 4 is 6.03 Å². The van der Waals surface area contributed by atoms with Crippen LogP contribution in [0.2, 0.25) is 0 Å². The number of rotatable bonds is 0. The van der Waals surface area contributed by atoms with Crippen molar-refractivity contribution in [3.8, 4) is 0 Å². The Bertz CT molecular complexity index is 277. The van der Waals surface area contributed by atoms with Crippen LogP contribution in [0, 0.1) is 5.41 Å². The predicted octanol–water partition coefficient (Wildman–Crippen LogP) is 0.256. The van der Waals surface area contributed by atoms with E-state index in [2.05, 4.69) is 10.6 Å². The van der Waals surface area contributed by atoms with Crippen LogP contribution < -0.4 is 10.6 Å². The van der Waals surface area contributed by atoms with E-state index in [1.54, 1.807) is 0 Å².